The summed E-state index contributed by atoms with van der Waals surface area (Å²) in [5, 5.41) is 8.92. The average molecular weight is 500 g/mol. The number of rotatable bonds is 7. The third kappa shape index (κ3) is 7.34. The molecule has 1 atom stereocenters. The lowest BCUT2D eigenvalue weighted by atomic mass is 10.1. The van der Waals surface area contributed by atoms with E-state index in [0.29, 0.717) is 24.6 Å². The number of carbonyl (C=O) groups excluding carboxylic acids is 1. The topological polar surface area (TPSA) is 74.8 Å². The Morgan fingerprint density at radius 2 is 1.93 bits per heavy atom. The minimum absolute atomic E-state index is 0. The number of hydrogen-bond donors (Lipinski definition) is 3. The number of amides is 1. The molecule has 1 amide bonds. The lowest BCUT2D eigenvalue weighted by Gasteiger charge is -2.18. The monoisotopic (exact) mass is 500 g/mol. The zero-order valence-corrected chi connectivity index (χ0v) is 18.5. The molecular formula is C20H26FIN4O2. The van der Waals surface area contributed by atoms with Gasteiger partial charge in [-0.2, -0.15) is 0 Å². The molecule has 0 radical (unpaired) electrons. The summed E-state index contributed by atoms with van der Waals surface area (Å²) in [4.78, 5) is 15.9. The number of nitrogens with one attached hydrogen (secondary N) is 3. The van der Waals surface area contributed by atoms with E-state index in [1.165, 1.54) is 6.07 Å². The van der Waals surface area contributed by atoms with Crippen LogP contribution in [0.3, 0.4) is 0 Å². The molecule has 152 valence electrons. The van der Waals surface area contributed by atoms with Gasteiger partial charge in [0.1, 0.15) is 6.10 Å². The van der Waals surface area contributed by atoms with Crippen molar-refractivity contribution in [3.05, 3.63) is 65.5 Å². The number of nitrogens with zero attached hydrogens (tertiary/aromatic N) is 1. The molecule has 2 aromatic rings. The second-order valence-electron chi connectivity index (χ2n) is 5.95. The average Bonchev–Trinajstić information content (AvgIpc) is 2.69. The molecule has 0 bridgehead atoms. The van der Waals surface area contributed by atoms with E-state index in [1.54, 1.807) is 38.4 Å². The zero-order valence-electron chi connectivity index (χ0n) is 16.2. The van der Waals surface area contributed by atoms with Crippen molar-refractivity contribution in [3.63, 3.8) is 0 Å². The Morgan fingerprint density at radius 1 is 1.18 bits per heavy atom. The first-order valence-corrected chi connectivity index (χ1v) is 8.70. The summed E-state index contributed by atoms with van der Waals surface area (Å²) < 4.78 is 19.2. The van der Waals surface area contributed by atoms with E-state index in [2.05, 4.69) is 20.9 Å². The van der Waals surface area contributed by atoms with Crippen LogP contribution in [0.1, 0.15) is 22.8 Å². The van der Waals surface area contributed by atoms with Gasteiger partial charge in [0.15, 0.2) is 17.5 Å². The third-order valence-electron chi connectivity index (χ3n) is 3.82. The van der Waals surface area contributed by atoms with Crippen molar-refractivity contribution < 1.29 is 13.9 Å². The van der Waals surface area contributed by atoms with E-state index < -0.39 is 0 Å². The van der Waals surface area contributed by atoms with Gasteiger partial charge in [0.2, 0.25) is 0 Å². The van der Waals surface area contributed by atoms with Crippen LogP contribution in [-0.2, 0) is 6.54 Å². The van der Waals surface area contributed by atoms with Crippen molar-refractivity contribution in [2.24, 2.45) is 4.99 Å². The number of guanidine groups is 1. The lowest BCUT2D eigenvalue weighted by Crippen LogP contribution is -2.41. The molecule has 2 rings (SSSR count). The van der Waals surface area contributed by atoms with Crippen LogP contribution in [0.25, 0.3) is 0 Å². The van der Waals surface area contributed by atoms with Crippen LogP contribution >= 0.6 is 24.0 Å². The molecule has 1 unspecified atom stereocenters. The van der Waals surface area contributed by atoms with Crippen molar-refractivity contribution in [1.82, 2.24) is 16.0 Å². The van der Waals surface area contributed by atoms with E-state index in [9.17, 15) is 9.18 Å². The van der Waals surface area contributed by atoms with Crippen molar-refractivity contribution in [1.29, 1.82) is 0 Å². The molecule has 2 aromatic carbocycles. The van der Waals surface area contributed by atoms with Crippen LogP contribution in [0.5, 0.6) is 5.75 Å². The fourth-order valence-electron chi connectivity index (χ4n) is 2.41. The van der Waals surface area contributed by atoms with Crippen LogP contribution < -0.4 is 20.7 Å². The summed E-state index contributed by atoms with van der Waals surface area (Å²) >= 11 is 0. The maximum atomic E-state index is 13.6. The smallest absolute Gasteiger partial charge is 0.251 e. The third-order valence-corrected chi connectivity index (χ3v) is 3.82. The first kappa shape index (κ1) is 23.7. The van der Waals surface area contributed by atoms with Crippen molar-refractivity contribution in [2.45, 2.75) is 19.6 Å². The standard InChI is InChI=1S/C20H25FN4O2.HI/c1-14(27-18-10-5-4-9-17(18)21)12-24-20(23-3)25-13-15-7-6-8-16(11-15)19(26)22-2;/h4-11,14H,12-13H2,1-3H3,(H,22,26)(H2,23,24,25);1H. The van der Waals surface area contributed by atoms with Crippen LogP contribution in [0, 0.1) is 5.82 Å². The molecule has 0 saturated heterocycles. The quantitative estimate of drug-likeness (QED) is 0.311. The van der Waals surface area contributed by atoms with Crippen LogP contribution in [0.4, 0.5) is 4.39 Å². The minimum atomic E-state index is -0.386. The molecular weight excluding hydrogens is 474 g/mol. The molecule has 0 aliphatic rings. The van der Waals surface area contributed by atoms with E-state index in [1.807, 2.05) is 25.1 Å². The number of ether oxygens (including phenoxy) is 1. The first-order valence-electron chi connectivity index (χ1n) is 8.70. The van der Waals surface area contributed by atoms with Crippen LogP contribution in [-0.4, -0.2) is 38.6 Å². The van der Waals surface area contributed by atoms with Crippen molar-refractivity contribution in [3.8, 4) is 5.75 Å². The summed E-state index contributed by atoms with van der Waals surface area (Å²) in [5.74, 6) is 0.298. The van der Waals surface area contributed by atoms with Gasteiger partial charge in [-0.15, -0.1) is 24.0 Å². The van der Waals surface area contributed by atoms with Crippen molar-refractivity contribution >= 4 is 35.8 Å². The Morgan fingerprint density at radius 3 is 2.61 bits per heavy atom. The number of carbonyl (C=O) groups is 1. The van der Waals surface area contributed by atoms with Crippen molar-refractivity contribution in [2.75, 3.05) is 20.6 Å². The maximum absolute atomic E-state index is 13.6. The number of halogens is 2. The van der Waals surface area contributed by atoms with E-state index >= 15 is 0 Å². The minimum Gasteiger partial charge on any atom is -0.486 e. The molecule has 28 heavy (non-hydrogen) atoms. The molecule has 3 N–H and O–H groups in total. The Labute approximate surface area is 182 Å². The molecule has 0 aromatic heterocycles. The largest absolute Gasteiger partial charge is 0.486 e. The summed E-state index contributed by atoms with van der Waals surface area (Å²) in [7, 11) is 3.27. The number of hydrogen-bond acceptors (Lipinski definition) is 3. The van der Waals surface area contributed by atoms with Gasteiger partial charge in [-0.25, -0.2) is 4.39 Å². The second kappa shape index (κ2) is 12.2. The highest BCUT2D eigenvalue weighted by molar-refractivity contribution is 14.0. The maximum Gasteiger partial charge on any atom is 0.251 e. The molecule has 8 heteroatoms. The highest BCUT2D eigenvalue weighted by Gasteiger charge is 2.09. The predicted molar refractivity (Wildman–Crippen MR) is 120 cm³/mol. The number of para-hydroxylation sites is 1. The number of benzene rings is 2. The normalized spacial score (nSPS) is 11.8. The Kier molecular flexibility index (Phi) is 10.3. The molecule has 0 fully saturated rings. The summed E-state index contributed by atoms with van der Waals surface area (Å²) in [5.41, 5.74) is 1.56. The fourth-order valence-corrected chi connectivity index (χ4v) is 2.41. The Balaban J connectivity index is 0.00000392. The highest BCUT2D eigenvalue weighted by atomic mass is 127. The molecule has 6 nitrogen and oxygen atoms in total. The van der Waals surface area contributed by atoms with Gasteiger partial charge in [-0.05, 0) is 36.8 Å². The molecule has 0 spiro atoms. The Hall–Kier alpha value is -2.36. The van der Waals surface area contributed by atoms with Gasteiger partial charge in [0, 0.05) is 26.2 Å². The summed E-state index contributed by atoms with van der Waals surface area (Å²) in [6.07, 6.45) is -0.253. The van der Waals surface area contributed by atoms with Gasteiger partial charge in [0.25, 0.3) is 5.91 Å². The van der Waals surface area contributed by atoms with E-state index in [-0.39, 0.29) is 47.6 Å². The van der Waals surface area contributed by atoms with Gasteiger partial charge >= 0.3 is 0 Å². The summed E-state index contributed by atoms with van der Waals surface area (Å²) in [6, 6.07) is 13.7. The predicted octanol–water partition coefficient (Wildman–Crippen LogP) is 2.94. The highest BCUT2D eigenvalue weighted by Crippen LogP contribution is 2.16. The van der Waals surface area contributed by atoms with Crippen LogP contribution in [0.2, 0.25) is 0 Å². The van der Waals surface area contributed by atoms with Gasteiger partial charge in [-0.1, -0.05) is 24.3 Å². The lowest BCUT2D eigenvalue weighted by molar-refractivity contribution is 0.0963. The SMILES string of the molecule is CN=C(NCc1cccc(C(=O)NC)c1)NCC(C)Oc1ccccc1F.I. The van der Waals surface area contributed by atoms with Gasteiger partial charge in [-0.3, -0.25) is 9.79 Å². The van der Waals surface area contributed by atoms with Crippen LogP contribution in [0.15, 0.2) is 53.5 Å². The fraction of sp³-hybridized carbons (Fsp3) is 0.300. The Bertz CT molecular complexity index is 801. The first-order chi connectivity index (χ1) is 13.0. The summed E-state index contributed by atoms with van der Waals surface area (Å²) in [6.45, 7) is 2.80. The van der Waals surface area contributed by atoms with E-state index in [0.717, 1.165) is 5.56 Å². The van der Waals surface area contributed by atoms with E-state index in [4.69, 9.17) is 4.74 Å². The van der Waals surface area contributed by atoms with Gasteiger partial charge in [0.05, 0.1) is 6.54 Å². The van der Waals surface area contributed by atoms with Gasteiger partial charge < -0.3 is 20.7 Å². The molecule has 0 saturated carbocycles. The molecule has 0 aliphatic heterocycles. The second-order valence-corrected chi connectivity index (χ2v) is 5.95. The molecule has 0 heterocycles. The number of aliphatic imine (C=N–C) groups is 1. The zero-order chi connectivity index (χ0) is 19.6. The molecule has 0 aliphatic carbocycles.